The number of allylic oxidation sites excluding steroid dienone is 4. The van der Waals surface area contributed by atoms with Crippen molar-refractivity contribution in [2.24, 2.45) is 0 Å². The van der Waals surface area contributed by atoms with Crippen LogP contribution in [0.4, 0.5) is 0 Å². The number of esters is 2. The Kier molecular flexibility index (Phi) is 41.9. The average Bonchev–Trinajstić information content (AvgIpc) is 3.21. The zero-order valence-electron chi connectivity index (χ0n) is 38.3. The van der Waals surface area contributed by atoms with E-state index < -0.39 is 32.5 Å². The van der Waals surface area contributed by atoms with Gasteiger partial charge in [0.2, 0.25) is 0 Å². The van der Waals surface area contributed by atoms with Crippen LogP contribution in [0.15, 0.2) is 47.4 Å². The summed E-state index contributed by atoms with van der Waals surface area (Å²) in [5.41, 5.74) is -0.772. The third kappa shape index (κ3) is 34.4. The van der Waals surface area contributed by atoms with Gasteiger partial charge in [-0.25, -0.2) is 18.0 Å². The van der Waals surface area contributed by atoms with E-state index >= 15 is 0 Å². The smallest absolute Gasteiger partial charge is 0.744 e. The predicted molar refractivity (Wildman–Crippen MR) is 242 cm³/mol. The summed E-state index contributed by atoms with van der Waals surface area (Å²) >= 11 is 0. The van der Waals surface area contributed by atoms with Gasteiger partial charge in [-0.1, -0.05) is 211 Å². The van der Waals surface area contributed by atoms with Crippen molar-refractivity contribution >= 4 is 22.1 Å². The molecule has 0 spiro atoms. The van der Waals surface area contributed by atoms with E-state index in [1.807, 2.05) is 0 Å². The number of hydrogen-bond donors (Lipinski definition) is 0. The number of carbonyl (C=O) groups excluding carboxylic acids is 2. The quantitative estimate of drug-likeness (QED) is 0.0212. The molecule has 0 saturated carbocycles. The van der Waals surface area contributed by atoms with Gasteiger partial charge in [-0.15, -0.1) is 0 Å². The summed E-state index contributed by atoms with van der Waals surface area (Å²) in [5, 5.41) is 0. The fourth-order valence-electron chi connectivity index (χ4n) is 7.38. The fourth-order valence-corrected chi connectivity index (χ4v) is 8.06. The van der Waals surface area contributed by atoms with Crippen molar-refractivity contribution in [3.8, 4) is 0 Å². The maximum atomic E-state index is 13.0. The van der Waals surface area contributed by atoms with Gasteiger partial charge in [0.1, 0.15) is 10.1 Å². The molecule has 1 aromatic rings. The van der Waals surface area contributed by atoms with Crippen LogP contribution in [0.5, 0.6) is 0 Å². The minimum atomic E-state index is -5.02. The third-order valence-electron chi connectivity index (χ3n) is 11.0. The second kappa shape index (κ2) is 42.5. The van der Waals surface area contributed by atoms with E-state index in [0.29, 0.717) is 12.8 Å². The van der Waals surface area contributed by atoms with Gasteiger partial charge in [0, 0.05) is 0 Å². The van der Waals surface area contributed by atoms with Crippen molar-refractivity contribution in [3.05, 3.63) is 53.6 Å². The molecule has 0 saturated heterocycles. The van der Waals surface area contributed by atoms with Gasteiger partial charge >= 0.3 is 63.3 Å². The van der Waals surface area contributed by atoms with Crippen molar-refractivity contribution in [2.45, 2.75) is 237 Å². The maximum Gasteiger partial charge on any atom is 1.00 e. The fraction of sp³-hybridized carbons (Fsp3) is 0.760. The molecule has 0 aromatic heterocycles. The van der Waals surface area contributed by atoms with Crippen LogP contribution in [-0.4, -0.2) is 38.1 Å². The standard InChI is InChI=1S/C50H86O7S.K/c1-3-5-7-9-11-13-15-17-19-21-23-25-27-29-31-33-35-37-39-44-56-49(51)46-42-41-43-47(58(53,54)55)48(46)50(52)57-45-40-38-36-34-32-30-28-26-24-22-20-18-16-14-12-10-8-6-4-2;/h7-10,41-43H,3-6,11-40,44-45H2,1-2H3,(H,53,54,55);/q;+1/p-1/b9-7+,10-8+;. The van der Waals surface area contributed by atoms with E-state index in [-0.39, 0.29) is 70.2 Å². The molecule has 0 atom stereocenters. The molecular weight excluding hydrogens is 784 g/mol. The largest absolute Gasteiger partial charge is 1.00 e. The first-order valence-corrected chi connectivity index (χ1v) is 25.5. The molecule has 0 fully saturated rings. The van der Waals surface area contributed by atoms with Crippen molar-refractivity contribution in [3.63, 3.8) is 0 Å². The Morgan fingerprint density at radius 2 is 0.780 bits per heavy atom. The molecule has 59 heavy (non-hydrogen) atoms. The SMILES string of the molecule is CCC/C=C/CCCCCCCCCCCCCCCCOC(=O)c1cccc(S(=O)(=O)[O-])c1C(=O)OCCCCCCCCCCCCCCCC/C=C/CCC.[K+]. The Labute approximate surface area is 405 Å². The van der Waals surface area contributed by atoms with Gasteiger partial charge in [-0.3, -0.25) is 0 Å². The summed E-state index contributed by atoms with van der Waals surface area (Å²) in [6.45, 7) is 4.69. The molecule has 0 heterocycles. The average molecular weight is 869 g/mol. The summed E-state index contributed by atoms with van der Waals surface area (Å²) in [7, 11) is -5.02. The Hall–Kier alpha value is -0.814. The molecule has 0 bridgehead atoms. The molecule has 1 rings (SSSR count). The van der Waals surface area contributed by atoms with Crippen LogP contribution in [0.3, 0.4) is 0 Å². The molecule has 0 radical (unpaired) electrons. The van der Waals surface area contributed by atoms with E-state index in [2.05, 4.69) is 38.2 Å². The summed E-state index contributed by atoms with van der Waals surface area (Å²) in [5.74, 6) is -1.80. The van der Waals surface area contributed by atoms with Crippen LogP contribution in [0.25, 0.3) is 0 Å². The van der Waals surface area contributed by atoms with Crippen molar-refractivity contribution in [1.29, 1.82) is 0 Å². The molecule has 1 aromatic carbocycles. The molecule has 7 nitrogen and oxygen atoms in total. The Morgan fingerprint density at radius 1 is 0.475 bits per heavy atom. The molecule has 0 N–H and O–H groups in total. The minimum absolute atomic E-state index is 0. The van der Waals surface area contributed by atoms with Crippen LogP contribution in [0.1, 0.15) is 253 Å². The Bertz CT molecular complexity index is 1310. The van der Waals surface area contributed by atoms with Gasteiger partial charge < -0.3 is 14.0 Å². The first-order chi connectivity index (χ1) is 28.3. The number of hydrogen-bond acceptors (Lipinski definition) is 7. The van der Waals surface area contributed by atoms with E-state index in [0.717, 1.165) is 44.6 Å². The van der Waals surface area contributed by atoms with E-state index in [4.69, 9.17) is 9.47 Å². The van der Waals surface area contributed by atoms with Crippen LogP contribution in [0.2, 0.25) is 0 Å². The second-order valence-corrected chi connectivity index (χ2v) is 17.7. The number of ether oxygens (including phenoxy) is 2. The van der Waals surface area contributed by atoms with E-state index in [1.165, 1.54) is 179 Å². The van der Waals surface area contributed by atoms with Gasteiger partial charge in [0.15, 0.2) is 0 Å². The molecule has 334 valence electrons. The van der Waals surface area contributed by atoms with Crippen molar-refractivity contribution in [2.75, 3.05) is 13.2 Å². The molecule has 0 amide bonds. The minimum Gasteiger partial charge on any atom is -0.744 e. The van der Waals surface area contributed by atoms with Crippen LogP contribution in [-0.2, 0) is 19.6 Å². The van der Waals surface area contributed by atoms with Crippen LogP contribution >= 0.6 is 0 Å². The molecule has 0 aliphatic carbocycles. The van der Waals surface area contributed by atoms with E-state index in [1.54, 1.807) is 0 Å². The molecule has 0 aliphatic heterocycles. The predicted octanol–water partition coefficient (Wildman–Crippen LogP) is 12.3. The van der Waals surface area contributed by atoms with E-state index in [9.17, 15) is 22.6 Å². The van der Waals surface area contributed by atoms with Gasteiger partial charge in [-0.2, -0.15) is 0 Å². The van der Waals surface area contributed by atoms with Gasteiger partial charge in [0.25, 0.3) is 0 Å². The maximum absolute atomic E-state index is 13.0. The van der Waals surface area contributed by atoms with Crippen molar-refractivity contribution < 1.29 is 83.4 Å². The Balaban J connectivity index is 0.0000336. The number of rotatable bonds is 41. The van der Waals surface area contributed by atoms with Gasteiger partial charge in [-0.05, 0) is 63.5 Å². The molecule has 0 unspecified atom stereocenters. The molecule has 0 aliphatic rings. The first kappa shape index (κ1) is 58.2. The zero-order chi connectivity index (χ0) is 42.2. The topological polar surface area (TPSA) is 110 Å². The number of unbranched alkanes of at least 4 members (excludes halogenated alkanes) is 30. The Morgan fingerprint density at radius 3 is 1.12 bits per heavy atom. The molecular formula is C50H85KO7S. The summed E-state index contributed by atoms with van der Waals surface area (Å²) in [6.07, 6.45) is 50.4. The van der Waals surface area contributed by atoms with Crippen LogP contribution in [0, 0.1) is 0 Å². The first-order valence-electron chi connectivity index (χ1n) is 24.1. The monoisotopic (exact) mass is 869 g/mol. The number of carbonyl (C=O) groups is 2. The zero-order valence-corrected chi connectivity index (χ0v) is 42.2. The number of benzene rings is 1. The summed E-state index contributed by atoms with van der Waals surface area (Å²) in [6, 6.07) is 3.64. The van der Waals surface area contributed by atoms with Crippen molar-refractivity contribution in [1.82, 2.24) is 0 Å². The second-order valence-electron chi connectivity index (χ2n) is 16.4. The van der Waals surface area contributed by atoms with Gasteiger partial charge in [0.05, 0.1) is 29.2 Å². The summed E-state index contributed by atoms with van der Waals surface area (Å²) in [4.78, 5) is 25.3. The normalized spacial score (nSPS) is 11.7. The summed E-state index contributed by atoms with van der Waals surface area (Å²) < 4.78 is 46.9. The van der Waals surface area contributed by atoms with Crippen LogP contribution < -0.4 is 51.4 Å². The third-order valence-corrected chi connectivity index (χ3v) is 11.8. The molecule has 9 heteroatoms.